The van der Waals surface area contributed by atoms with E-state index in [0.717, 1.165) is 29.6 Å². The average Bonchev–Trinajstić information content (AvgIpc) is 2.95. The number of rotatable bonds is 2. The quantitative estimate of drug-likeness (QED) is 0.901. The van der Waals surface area contributed by atoms with E-state index in [1.165, 1.54) is 0 Å². The molecule has 2 saturated heterocycles. The summed E-state index contributed by atoms with van der Waals surface area (Å²) in [7, 11) is 0. The van der Waals surface area contributed by atoms with Gasteiger partial charge in [0.1, 0.15) is 0 Å². The lowest BCUT2D eigenvalue weighted by Crippen LogP contribution is -2.56. The lowest BCUT2D eigenvalue weighted by Gasteiger charge is -2.38. The Kier molecular flexibility index (Phi) is 4.33. The summed E-state index contributed by atoms with van der Waals surface area (Å²) in [6.45, 7) is 2.85. The molecule has 1 N–H and O–H groups in total. The molecule has 1 aromatic rings. The number of halogens is 1. The van der Waals surface area contributed by atoms with Crippen molar-refractivity contribution in [3.63, 3.8) is 0 Å². The first-order valence-electron chi connectivity index (χ1n) is 7.18. The molecule has 1 amide bonds. The first-order chi connectivity index (χ1) is 10.1. The SMILES string of the molecule is O=C(N1CCN(c2cccc(Cl)c2)CC1)C1(O)CCSC1. The maximum Gasteiger partial charge on any atom is 0.255 e. The average molecular weight is 327 g/mol. The number of carbonyl (C=O) groups excluding carboxylic acids is 1. The van der Waals surface area contributed by atoms with Crippen LogP contribution in [0.3, 0.4) is 0 Å². The molecule has 1 aromatic carbocycles. The Balaban J connectivity index is 1.61. The summed E-state index contributed by atoms with van der Waals surface area (Å²) in [6.07, 6.45) is 0.574. The van der Waals surface area contributed by atoms with Crippen LogP contribution in [0.1, 0.15) is 6.42 Å². The Morgan fingerprint density at radius 1 is 1.29 bits per heavy atom. The topological polar surface area (TPSA) is 43.8 Å². The van der Waals surface area contributed by atoms with Crippen molar-refractivity contribution in [3.8, 4) is 0 Å². The van der Waals surface area contributed by atoms with E-state index in [1.54, 1.807) is 16.7 Å². The Morgan fingerprint density at radius 2 is 2.05 bits per heavy atom. The van der Waals surface area contributed by atoms with E-state index in [4.69, 9.17) is 11.6 Å². The Bertz CT molecular complexity index is 526. The summed E-state index contributed by atoms with van der Waals surface area (Å²) < 4.78 is 0. The number of anilines is 1. The van der Waals surface area contributed by atoms with Crippen LogP contribution in [0.2, 0.25) is 5.02 Å². The molecule has 0 aliphatic carbocycles. The molecule has 0 radical (unpaired) electrons. The number of hydrogen-bond acceptors (Lipinski definition) is 4. The van der Waals surface area contributed by atoms with Gasteiger partial charge in [-0.05, 0) is 30.4 Å². The van der Waals surface area contributed by atoms with Gasteiger partial charge in [0.15, 0.2) is 5.60 Å². The lowest BCUT2D eigenvalue weighted by atomic mass is 10.0. The second kappa shape index (κ2) is 6.07. The lowest BCUT2D eigenvalue weighted by molar-refractivity contribution is -0.149. The van der Waals surface area contributed by atoms with Crippen molar-refractivity contribution in [2.75, 3.05) is 42.6 Å². The molecule has 2 fully saturated rings. The van der Waals surface area contributed by atoms with Crippen molar-refractivity contribution in [2.24, 2.45) is 0 Å². The first kappa shape index (κ1) is 15.0. The summed E-state index contributed by atoms with van der Waals surface area (Å²) in [5.41, 5.74) is -0.0483. The molecule has 2 heterocycles. The molecule has 21 heavy (non-hydrogen) atoms. The fraction of sp³-hybridized carbons (Fsp3) is 0.533. The third-order valence-corrected chi connectivity index (χ3v) is 5.55. The second-order valence-electron chi connectivity index (χ2n) is 5.59. The summed E-state index contributed by atoms with van der Waals surface area (Å²) in [6, 6.07) is 7.77. The van der Waals surface area contributed by atoms with Gasteiger partial charge in [0.05, 0.1) is 0 Å². The van der Waals surface area contributed by atoms with Gasteiger partial charge in [-0.2, -0.15) is 11.8 Å². The van der Waals surface area contributed by atoms with Gasteiger partial charge in [-0.15, -0.1) is 0 Å². The number of benzene rings is 1. The van der Waals surface area contributed by atoms with Gasteiger partial charge in [0.25, 0.3) is 5.91 Å². The third kappa shape index (κ3) is 3.15. The number of aliphatic hydroxyl groups is 1. The molecule has 0 bridgehead atoms. The van der Waals surface area contributed by atoms with Crippen LogP contribution in [-0.2, 0) is 4.79 Å². The molecule has 0 spiro atoms. The zero-order chi connectivity index (χ0) is 14.9. The maximum absolute atomic E-state index is 12.4. The molecule has 2 aliphatic heterocycles. The standard InChI is InChI=1S/C15H19ClN2O2S/c16-12-2-1-3-13(10-12)17-5-7-18(8-6-17)14(19)15(20)4-9-21-11-15/h1-3,10,20H,4-9,11H2. The minimum atomic E-state index is -1.14. The van der Waals surface area contributed by atoms with Crippen LogP contribution >= 0.6 is 23.4 Å². The highest BCUT2D eigenvalue weighted by Crippen LogP contribution is 2.30. The third-order valence-electron chi connectivity index (χ3n) is 4.14. The highest BCUT2D eigenvalue weighted by Gasteiger charge is 2.42. The Labute approximate surface area is 134 Å². The van der Waals surface area contributed by atoms with Crippen LogP contribution in [-0.4, -0.2) is 59.2 Å². The number of amides is 1. The molecule has 0 saturated carbocycles. The van der Waals surface area contributed by atoms with Crippen molar-refractivity contribution in [1.82, 2.24) is 4.90 Å². The van der Waals surface area contributed by atoms with Crippen LogP contribution in [0.4, 0.5) is 5.69 Å². The van der Waals surface area contributed by atoms with Gasteiger partial charge in [0.2, 0.25) is 0 Å². The normalized spacial score (nSPS) is 26.2. The number of carbonyl (C=O) groups is 1. The highest BCUT2D eigenvalue weighted by atomic mass is 35.5. The van der Waals surface area contributed by atoms with Gasteiger partial charge < -0.3 is 14.9 Å². The van der Waals surface area contributed by atoms with Crippen molar-refractivity contribution in [3.05, 3.63) is 29.3 Å². The van der Waals surface area contributed by atoms with Crippen LogP contribution in [0.25, 0.3) is 0 Å². The highest BCUT2D eigenvalue weighted by molar-refractivity contribution is 7.99. The van der Waals surface area contributed by atoms with Gasteiger partial charge in [0, 0.05) is 42.6 Å². The molecule has 6 heteroatoms. The molecule has 114 valence electrons. The van der Waals surface area contributed by atoms with Gasteiger partial charge in [-0.1, -0.05) is 17.7 Å². The fourth-order valence-corrected chi connectivity index (χ4v) is 4.27. The predicted octanol–water partition coefficient (Wildman–Crippen LogP) is 1.86. The monoisotopic (exact) mass is 326 g/mol. The molecular weight excluding hydrogens is 308 g/mol. The second-order valence-corrected chi connectivity index (χ2v) is 7.13. The van der Waals surface area contributed by atoms with E-state index in [-0.39, 0.29) is 5.91 Å². The van der Waals surface area contributed by atoms with E-state index < -0.39 is 5.60 Å². The largest absolute Gasteiger partial charge is 0.379 e. The molecule has 0 aromatic heterocycles. The zero-order valence-electron chi connectivity index (χ0n) is 11.8. The first-order valence-corrected chi connectivity index (χ1v) is 8.72. The number of piperazine rings is 1. The molecule has 1 atom stereocenters. The minimum Gasteiger partial charge on any atom is -0.379 e. The van der Waals surface area contributed by atoms with Gasteiger partial charge in [-0.3, -0.25) is 4.79 Å². The predicted molar refractivity (Wildman–Crippen MR) is 87.1 cm³/mol. The molecule has 1 unspecified atom stereocenters. The zero-order valence-corrected chi connectivity index (χ0v) is 13.4. The van der Waals surface area contributed by atoms with Crippen LogP contribution < -0.4 is 4.90 Å². The number of hydrogen-bond donors (Lipinski definition) is 1. The molecule has 2 aliphatic rings. The molecular formula is C15H19ClN2O2S. The fourth-order valence-electron chi connectivity index (χ4n) is 2.86. The van der Waals surface area contributed by atoms with E-state index in [9.17, 15) is 9.90 Å². The van der Waals surface area contributed by atoms with E-state index in [2.05, 4.69) is 4.90 Å². The van der Waals surface area contributed by atoms with Crippen molar-refractivity contribution in [2.45, 2.75) is 12.0 Å². The smallest absolute Gasteiger partial charge is 0.255 e. The minimum absolute atomic E-state index is 0.0988. The number of nitrogens with zero attached hydrogens (tertiary/aromatic N) is 2. The van der Waals surface area contributed by atoms with Gasteiger partial charge >= 0.3 is 0 Å². The van der Waals surface area contributed by atoms with Crippen LogP contribution in [0, 0.1) is 0 Å². The van der Waals surface area contributed by atoms with Crippen molar-refractivity contribution < 1.29 is 9.90 Å². The summed E-state index contributed by atoms with van der Waals surface area (Å²) >= 11 is 7.67. The molecule has 4 nitrogen and oxygen atoms in total. The molecule has 3 rings (SSSR count). The summed E-state index contributed by atoms with van der Waals surface area (Å²) in [5.74, 6) is 1.30. The van der Waals surface area contributed by atoms with E-state index in [1.807, 2.05) is 24.3 Å². The maximum atomic E-state index is 12.4. The van der Waals surface area contributed by atoms with Crippen LogP contribution in [0.15, 0.2) is 24.3 Å². The van der Waals surface area contributed by atoms with E-state index >= 15 is 0 Å². The van der Waals surface area contributed by atoms with Crippen molar-refractivity contribution >= 4 is 35.0 Å². The van der Waals surface area contributed by atoms with Gasteiger partial charge in [-0.25, -0.2) is 0 Å². The van der Waals surface area contributed by atoms with Crippen molar-refractivity contribution in [1.29, 1.82) is 0 Å². The van der Waals surface area contributed by atoms with E-state index in [0.29, 0.717) is 25.3 Å². The van der Waals surface area contributed by atoms with Crippen LogP contribution in [0.5, 0.6) is 0 Å². The Morgan fingerprint density at radius 3 is 2.67 bits per heavy atom. The summed E-state index contributed by atoms with van der Waals surface area (Å²) in [5, 5.41) is 11.1. The number of thioether (sulfide) groups is 1. The summed E-state index contributed by atoms with van der Waals surface area (Å²) in [4.78, 5) is 16.5. The Hall–Kier alpha value is -0.910.